The standard InChI is InChI=1S/C31H31F4N9O2.C2HF3O2/c32-28-23(4-3-5-24(28)31(33,34)35)30(46)44-12-10-41(11-13-44)20-22-18-21(19-26(38-22)39-25-7-9-37-40-25)29(45)43-16-14-42(15-17-43)27-6-1-2-8-36-27;3-2(4,5)1(6)7/h1-9,18-19H,10-17,20H2,(H2,37,38,39,40);(H,6,7). The Kier molecular flexibility index (Phi) is 11.8. The topological polar surface area (TPSA) is 151 Å². The molecule has 6 rings (SSSR count). The molecule has 0 unspecified atom stereocenters. The van der Waals surface area contributed by atoms with Crippen molar-refractivity contribution >= 4 is 35.2 Å². The molecule has 0 saturated carbocycles. The van der Waals surface area contributed by atoms with E-state index in [4.69, 9.17) is 14.9 Å². The second kappa shape index (κ2) is 16.3. The molecule has 2 aliphatic rings. The van der Waals surface area contributed by atoms with Gasteiger partial charge in [-0.3, -0.25) is 19.6 Å². The fraction of sp³-hybridized carbons (Fsp3) is 0.333. The minimum Gasteiger partial charge on any atom is -0.475 e. The number of nitrogens with zero attached hydrogens (tertiary/aromatic N) is 7. The first kappa shape index (κ1) is 38.4. The molecule has 13 nitrogen and oxygen atoms in total. The van der Waals surface area contributed by atoms with Crippen LogP contribution in [0.15, 0.2) is 67.0 Å². The number of nitrogens with one attached hydrogen (secondary N) is 2. The maximum Gasteiger partial charge on any atom is 0.490 e. The zero-order valence-corrected chi connectivity index (χ0v) is 27.7. The van der Waals surface area contributed by atoms with Crippen LogP contribution in [0, 0.1) is 5.82 Å². The van der Waals surface area contributed by atoms with E-state index in [9.17, 15) is 40.3 Å². The van der Waals surface area contributed by atoms with Gasteiger partial charge in [-0.2, -0.15) is 31.4 Å². The molecule has 1 aromatic carbocycles. The van der Waals surface area contributed by atoms with Crippen LogP contribution in [-0.4, -0.2) is 116 Å². The van der Waals surface area contributed by atoms with E-state index in [1.807, 2.05) is 23.1 Å². The van der Waals surface area contributed by atoms with Gasteiger partial charge < -0.3 is 25.1 Å². The maximum absolute atomic E-state index is 14.6. The Balaban J connectivity index is 0.000000705. The van der Waals surface area contributed by atoms with Gasteiger partial charge in [0.1, 0.15) is 23.3 Å². The average molecular weight is 752 g/mol. The van der Waals surface area contributed by atoms with Crippen LogP contribution < -0.4 is 10.2 Å². The molecule has 53 heavy (non-hydrogen) atoms. The summed E-state index contributed by atoms with van der Waals surface area (Å²) in [5.74, 6) is -3.32. The number of pyridine rings is 2. The maximum atomic E-state index is 14.6. The summed E-state index contributed by atoms with van der Waals surface area (Å²) in [6, 6.07) is 13.6. The molecule has 0 bridgehead atoms. The molecule has 4 aromatic rings. The molecular weight excluding hydrogens is 719 g/mol. The molecule has 2 fully saturated rings. The van der Waals surface area contributed by atoms with Gasteiger partial charge in [0.25, 0.3) is 11.8 Å². The van der Waals surface area contributed by atoms with Gasteiger partial charge >= 0.3 is 18.3 Å². The van der Waals surface area contributed by atoms with E-state index in [1.165, 1.54) is 4.90 Å². The minimum atomic E-state index is -5.08. The molecule has 0 aliphatic carbocycles. The highest BCUT2D eigenvalue weighted by atomic mass is 19.4. The van der Waals surface area contributed by atoms with Crippen molar-refractivity contribution in [2.24, 2.45) is 0 Å². The van der Waals surface area contributed by atoms with Gasteiger partial charge in [-0.15, -0.1) is 0 Å². The summed E-state index contributed by atoms with van der Waals surface area (Å²) in [7, 11) is 0. The third kappa shape index (κ3) is 9.96. The van der Waals surface area contributed by atoms with Crippen LogP contribution in [-0.2, 0) is 17.5 Å². The Hall–Kier alpha value is -5.79. The summed E-state index contributed by atoms with van der Waals surface area (Å²) in [5.41, 5.74) is -0.991. The summed E-state index contributed by atoms with van der Waals surface area (Å²) in [4.78, 5) is 51.9. The molecule has 0 atom stereocenters. The highest BCUT2D eigenvalue weighted by Crippen LogP contribution is 2.33. The van der Waals surface area contributed by atoms with Crippen LogP contribution in [0.3, 0.4) is 0 Å². The number of carboxylic acids is 1. The first-order valence-corrected chi connectivity index (χ1v) is 16.0. The normalized spacial score (nSPS) is 15.4. The van der Waals surface area contributed by atoms with Gasteiger partial charge in [0.05, 0.1) is 23.0 Å². The zero-order valence-electron chi connectivity index (χ0n) is 27.7. The molecule has 5 heterocycles. The third-order valence-corrected chi connectivity index (χ3v) is 8.25. The van der Waals surface area contributed by atoms with Crippen LogP contribution in [0.4, 0.5) is 48.2 Å². The highest BCUT2D eigenvalue weighted by molar-refractivity contribution is 5.95. The van der Waals surface area contributed by atoms with Crippen molar-refractivity contribution in [2.75, 3.05) is 62.6 Å². The van der Waals surface area contributed by atoms with Crippen LogP contribution in [0.25, 0.3) is 0 Å². The Bertz CT molecular complexity index is 1880. The van der Waals surface area contributed by atoms with E-state index >= 15 is 0 Å². The van der Waals surface area contributed by atoms with Crippen molar-refractivity contribution in [3.05, 3.63) is 95.2 Å². The largest absolute Gasteiger partial charge is 0.490 e. The molecule has 3 N–H and O–H groups in total. The molecule has 20 heteroatoms. The van der Waals surface area contributed by atoms with E-state index in [-0.39, 0.29) is 19.0 Å². The van der Waals surface area contributed by atoms with Crippen molar-refractivity contribution in [3.8, 4) is 0 Å². The minimum absolute atomic E-state index is 0.129. The van der Waals surface area contributed by atoms with Crippen molar-refractivity contribution < 1.29 is 50.2 Å². The number of benzene rings is 1. The van der Waals surface area contributed by atoms with E-state index in [0.717, 1.165) is 18.0 Å². The summed E-state index contributed by atoms with van der Waals surface area (Å²) in [5, 5.41) is 17.0. The Morgan fingerprint density at radius 2 is 1.47 bits per heavy atom. The predicted molar refractivity (Wildman–Crippen MR) is 175 cm³/mol. The number of halogens is 7. The fourth-order valence-electron chi connectivity index (χ4n) is 5.61. The van der Waals surface area contributed by atoms with Gasteiger partial charge in [0, 0.05) is 76.7 Å². The van der Waals surface area contributed by atoms with Crippen LogP contribution in [0.5, 0.6) is 0 Å². The van der Waals surface area contributed by atoms with Crippen molar-refractivity contribution in [1.29, 1.82) is 0 Å². The summed E-state index contributed by atoms with van der Waals surface area (Å²) in [6.07, 6.45) is -6.65. The van der Waals surface area contributed by atoms with Crippen LogP contribution in [0.1, 0.15) is 32.0 Å². The molecule has 0 radical (unpaired) electrons. The molecule has 2 saturated heterocycles. The SMILES string of the molecule is O=C(O)C(F)(F)F.O=C(c1cc(CN2CCN(C(=O)c3cccc(C(F)(F)F)c3F)CC2)nc(Nc2ccn[nH]2)c1)N1CCN(c2ccccn2)CC1. The Morgan fingerprint density at radius 3 is 2.06 bits per heavy atom. The number of anilines is 3. The average Bonchev–Trinajstić information content (AvgIpc) is 3.64. The molecule has 0 spiro atoms. The fourth-order valence-corrected chi connectivity index (χ4v) is 5.61. The molecule has 282 valence electrons. The van der Waals surface area contributed by atoms with E-state index in [0.29, 0.717) is 74.8 Å². The second-order valence-electron chi connectivity index (χ2n) is 11.8. The number of carbonyl (C=O) groups is 3. The van der Waals surface area contributed by atoms with E-state index < -0.39 is 41.2 Å². The zero-order chi connectivity index (χ0) is 38.3. The van der Waals surface area contributed by atoms with Gasteiger partial charge in [-0.05, 0) is 36.4 Å². The number of carbonyl (C=O) groups excluding carboxylic acids is 2. The van der Waals surface area contributed by atoms with Crippen LogP contribution >= 0.6 is 0 Å². The lowest BCUT2D eigenvalue weighted by molar-refractivity contribution is -0.192. The second-order valence-corrected chi connectivity index (χ2v) is 11.8. The number of hydrogen-bond donors (Lipinski definition) is 3. The predicted octanol–water partition coefficient (Wildman–Crippen LogP) is 4.65. The number of H-pyrrole nitrogens is 1. The molecular formula is C33H32F7N9O4. The lowest BCUT2D eigenvalue weighted by Crippen LogP contribution is -2.49. The van der Waals surface area contributed by atoms with Crippen molar-refractivity contribution in [1.82, 2.24) is 34.9 Å². The number of amides is 2. The van der Waals surface area contributed by atoms with E-state index in [2.05, 4.69) is 25.4 Å². The lowest BCUT2D eigenvalue weighted by Gasteiger charge is -2.36. The summed E-state index contributed by atoms with van der Waals surface area (Å²) >= 11 is 0. The number of piperazine rings is 2. The van der Waals surface area contributed by atoms with Gasteiger partial charge in [0.15, 0.2) is 0 Å². The van der Waals surface area contributed by atoms with Gasteiger partial charge in [-0.1, -0.05) is 12.1 Å². The highest BCUT2D eigenvalue weighted by Gasteiger charge is 2.38. The number of aromatic amines is 1. The number of aliphatic carboxylic acids is 1. The van der Waals surface area contributed by atoms with Crippen molar-refractivity contribution in [3.63, 3.8) is 0 Å². The number of aromatic nitrogens is 4. The number of rotatable bonds is 7. The van der Waals surface area contributed by atoms with Gasteiger partial charge in [0.2, 0.25) is 0 Å². The Morgan fingerprint density at radius 1 is 0.811 bits per heavy atom. The third-order valence-electron chi connectivity index (χ3n) is 8.25. The van der Waals surface area contributed by atoms with E-state index in [1.54, 1.807) is 35.5 Å². The number of carboxylic acid groups (broad SMARTS) is 1. The lowest BCUT2D eigenvalue weighted by atomic mass is 10.1. The first-order valence-electron chi connectivity index (χ1n) is 16.0. The first-order chi connectivity index (χ1) is 25.1. The molecule has 2 amide bonds. The quantitative estimate of drug-likeness (QED) is 0.228. The number of hydrogen-bond acceptors (Lipinski definition) is 9. The van der Waals surface area contributed by atoms with Crippen molar-refractivity contribution in [2.45, 2.75) is 18.9 Å². The number of alkyl halides is 6. The molecule has 2 aliphatic heterocycles. The Labute approximate surface area is 297 Å². The summed E-state index contributed by atoms with van der Waals surface area (Å²) < 4.78 is 85.9. The van der Waals surface area contributed by atoms with Gasteiger partial charge in [-0.25, -0.2) is 19.2 Å². The molecule has 3 aromatic heterocycles. The monoisotopic (exact) mass is 751 g/mol. The smallest absolute Gasteiger partial charge is 0.475 e. The van der Waals surface area contributed by atoms with Crippen LogP contribution in [0.2, 0.25) is 0 Å². The summed E-state index contributed by atoms with van der Waals surface area (Å²) in [6.45, 7) is 3.83.